The monoisotopic (exact) mass is 1640 g/mol. The molecule has 0 bridgehead atoms. The van der Waals surface area contributed by atoms with E-state index in [-0.39, 0.29) is 19.3 Å². The highest BCUT2D eigenvalue weighted by Crippen LogP contribution is 2.45. The molecule has 0 aliphatic carbocycles. The molecule has 0 radical (unpaired) electrons. The highest BCUT2D eigenvalue weighted by atomic mass is 31.2. The van der Waals surface area contributed by atoms with Crippen LogP contribution < -0.4 is 0 Å². The second-order valence-electron chi connectivity index (χ2n) is 29.3. The maximum absolute atomic E-state index is 13.1. The molecule has 0 aromatic rings. The Bertz CT molecular complexity index is 2870. The van der Waals surface area contributed by atoms with Crippen LogP contribution in [0.5, 0.6) is 0 Å². The number of unbranched alkanes of at least 4 members (excludes halogenated alkanes) is 28. The van der Waals surface area contributed by atoms with Crippen molar-refractivity contribution >= 4 is 33.6 Å². The normalized spacial score (nSPS) is 14.7. The Balaban J connectivity index is 4.63. The largest absolute Gasteiger partial charge is 0.472 e. The predicted molar refractivity (Wildman–Crippen MR) is 481 cm³/mol. The second-order valence-corrected chi connectivity index (χ2v) is 32.2. The second kappa shape index (κ2) is 87.7. The van der Waals surface area contributed by atoms with Crippen LogP contribution in [0.3, 0.4) is 0 Å². The van der Waals surface area contributed by atoms with E-state index in [1.807, 2.05) is 0 Å². The summed E-state index contributed by atoms with van der Waals surface area (Å²) in [5.41, 5.74) is 0. The number of carbonyl (C=O) groups is 3. The van der Waals surface area contributed by atoms with Gasteiger partial charge in [-0.25, -0.2) is 9.13 Å². The third kappa shape index (κ3) is 89.0. The maximum Gasteiger partial charge on any atom is 0.472 e. The molecule has 5 atom stereocenters. The van der Waals surface area contributed by atoms with Crippen LogP contribution in [0.1, 0.15) is 342 Å². The van der Waals surface area contributed by atoms with Crippen LogP contribution in [0, 0.1) is 0 Å². The fraction of sp³-hybridized carbons (Fsp3) is 0.639. The van der Waals surface area contributed by atoms with E-state index in [1.165, 1.54) is 89.9 Å². The molecule has 4 N–H and O–H groups in total. The summed E-state index contributed by atoms with van der Waals surface area (Å²) < 4.78 is 61.4. The number of aliphatic hydroxyl groups excluding tert-OH is 2. The first-order valence-electron chi connectivity index (χ1n) is 44.7. The van der Waals surface area contributed by atoms with Crippen molar-refractivity contribution in [2.24, 2.45) is 0 Å². The van der Waals surface area contributed by atoms with Gasteiger partial charge in [0.1, 0.15) is 25.4 Å². The van der Waals surface area contributed by atoms with Crippen molar-refractivity contribution in [1.29, 1.82) is 0 Å². The van der Waals surface area contributed by atoms with Gasteiger partial charge in [-0.15, -0.1) is 0 Å². The van der Waals surface area contributed by atoms with Gasteiger partial charge in [0.15, 0.2) is 6.10 Å². The van der Waals surface area contributed by atoms with Gasteiger partial charge in [-0.2, -0.15) is 0 Å². The van der Waals surface area contributed by atoms with Crippen molar-refractivity contribution in [3.63, 3.8) is 0 Å². The minimum absolute atomic E-state index is 0.0793. The average Bonchev–Trinajstić information content (AvgIpc) is 0.906. The molecule has 654 valence electrons. The summed E-state index contributed by atoms with van der Waals surface area (Å²) in [6.45, 7) is 2.40. The maximum atomic E-state index is 13.1. The minimum atomic E-state index is -4.96. The zero-order chi connectivity index (χ0) is 83.6. The summed E-state index contributed by atoms with van der Waals surface area (Å²) in [6.07, 6.45) is 116. The highest BCUT2D eigenvalue weighted by molar-refractivity contribution is 7.47. The molecule has 0 saturated heterocycles. The van der Waals surface area contributed by atoms with Crippen molar-refractivity contribution < 1.29 is 75.8 Å². The highest BCUT2D eigenvalue weighted by Gasteiger charge is 2.29. The lowest BCUT2D eigenvalue weighted by Crippen LogP contribution is -2.30. The number of phosphoric ester groups is 2. The van der Waals surface area contributed by atoms with Crippen LogP contribution in [0.15, 0.2) is 194 Å². The molecule has 0 saturated carbocycles. The molecule has 0 aromatic heterocycles. The number of ether oxygens (including phenoxy) is 3. The number of carbonyl (C=O) groups excluding carboxylic acids is 3. The number of phosphoric acid groups is 2. The summed E-state index contributed by atoms with van der Waals surface area (Å²) in [5.74, 6) is -1.62. The van der Waals surface area contributed by atoms with Crippen LogP contribution in [0.2, 0.25) is 0 Å². The quantitative estimate of drug-likeness (QED) is 0.0146. The first-order valence-corrected chi connectivity index (χ1v) is 47.7. The Labute approximate surface area is 699 Å². The van der Waals surface area contributed by atoms with Gasteiger partial charge in [0.2, 0.25) is 0 Å². The number of esters is 3. The van der Waals surface area contributed by atoms with E-state index in [0.717, 1.165) is 193 Å². The molecule has 0 aliphatic heterocycles. The molecular formula is C97H160O16P2. The van der Waals surface area contributed by atoms with Crippen molar-refractivity contribution in [2.75, 3.05) is 39.6 Å². The molecule has 18 heteroatoms. The van der Waals surface area contributed by atoms with Crippen molar-refractivity contribution in [1.82, 2.24) is 0 Å². The average molecular weight is 1640 g/mol. The summed E-state index contributed by atoms with van der Waals surface area (Å²) >= 11 is 0. The van der Waals surface area contributed by atoms with Crippen molar-refractivity contribution in [2.45, 2.75) is 360 Å². The lowest BCUT2D eigenvalue weighted by atomic mass is 10.0. The topological polar surface area (TPSA) is 231 Å². The van der Waals surface area contributed by atoms with Crippen LogP contribution in [0.25, 0.3) is 0 Å². The van der Waals surface area contributed by atoms with Gasteiger partial charge < -0.3 is 34.2 Å². The summed E-state index contributed by atoms with van der Waals surface area (Å²) in [7, 11) is -9.83. The molecule has 0 spiro atoms. The molecule has 16 nitrogen and oxygen atoms in total. The Morgan fingerprint density at radius 2 is 0.461 bits per heavy atom. The zero-order valence-corrected chi connectivity index (χ0v) is 73.7. The van der Waals surface area contributed by atoms with Crippen LogP contribution in [-0.2, 0) is 55.8 Å². The van der Waals surface area contributed by atoms with E-state index in [2.05, 4.69) is 215 Å². The summed E-state index contributed by atoms with van der Waals surface area (Å²) in [4.78, 5) is 58.9. The summed E-state index contributed by atoms with van der Waals surface area (Å²) in [6, 6.07) is 0. The lowest BCUT2D eigenvalue weighted by Gasteiger charge is -2.21. The number of hydrogen-bond donors (Lipinski definition) is 4. The Hall–Kier alpha value is -5.61. The minimum Gasteiger partial charge on any atom is -0.463 e. The number of rotatable bonds is 83. The Kier molecular flexibility index (Phi) is 83.4. The molecule has 115 heavy (non-hydrogen) atoms. The van der Waals surface area contributed by atoms with E-state index in [4.69, 9.17) is 32.3 Å². The Morgan fingerprint density at radius 3 is 0.730 bits per heavy atom. The van der Waals surface area contributed by atoms with Gasteiger partial charge >= 0.3 is 33.6 Å². The van der Waals surface area contributed by atoms with Gasteiger partial charge in [-0.1, -0.05) is 350 Å². The number of hydrogen-bond acceptors (Lipinski definition) is 14. The van der Waals surface area contributed by atoms with Crippen molar-refractivity contribution in [3.8, 4) is 0 Å². The SMILES string of the molecule is CC/C=C\C/C=C\C/C=C\C/C=C\C/C=C\C/C=C\CCCCCCCCCCCCCCCCC(=O)OCC(O)COP(=O)(O)OCC(O)COP(=O)(O)OCC(COC(=O)CCCCCC/C=C\C/C=C\C/C=C\C/C=C\C/C=C\C/C=C\CC)OC(=O)CCCCCCCCC/C=C\C/C=C\C/C=C\C/C=C\CCCCC. The molecule has 0 aromatic carbocycles. The van der Waals surface area contributed by atoms with Gasteiger partial charge in [0.25, 0.3) is 0 Å². The van der Waals surface area contributed by atoms with E-state index in [0.29, 0.717) is 19.3 Å². The molecule has 0 aliphatic rings. The fourth-order valence-corrected chi connectivity index (χ4v) is 13.1. The van der Waals surface area contributed by atoms with Gasteiger partial charge in [0.05, 0.1) is 26.4 Å². The summed E-state index contributed by atoms with van der Waals surface area (Å²) in [5, 5.41) is 20.7. The smallest absolute Gasteiger partial charge is 0.463 e. The first kappa shape index (κ1) is 109. The number of aliphatic hydroxyl groups is 2. The fourth-order valence-electron chi connectivity index (χ4n) is 11.6. The zero-order valence-electron chi connectivity index (χ0n) is 71.9. The van der Waals surface area contributed by atoms with E-state index < -0.39 is 91.5 Å². The molecule has 0 amide bonds. The van der Waals surface area contributed by atoms with Gasteiger partial charge in [-0.05, 0) is 167 Å². The molecule has 5 unspecified atom stereocenters. The van der Waals surface area contributed by atoms with E-state index in [1.54, 1.807) is 0 Å². The third-order valence-electron chi connectivity index (χ3n) is 18.3. The standard InChI is InChI=1S/C97H160O16P2/c1-4-7-10-13-16-19-22-25-28-31-34-37-40-41-42-43-44-45-46-47-48-49-52-54-56-59-62-65-68-71-74-77-80-83-95(100)107-86-92(98)87-109-114(103,104)110-88-93(99)89-111-115(105,106)112-91-94(113-97(102)85-82-79-76-73-70-67-64-61-58-55-51-39-36-33-30-27-24-21-18-15-12-9-6-3)90-108-96(101)84-81-78-75-72-69-66-63-60-57-53-50-38-35-32-29-26-23-20-17-14-11-8-5-2/h7-8,10-11,16-21,25-30,34-39,41-42,44-45,53,55,57-58,63,66,92-94,98-99H,4-6,9,12-15,22-24,31-33,40,43,46-52,54,56,59-62,64-65,67-91H2,1-3H3,(H,103,104)(H,105,106)/b10-7-,11-8-,19-16-,20-17-,21-18-,28-25-,29-26-,30-27-,37-34-,38-35-,39-36-,42-41-,45-44-,57-53-,58-55-,66-63-. The van der Waals surface area contributed by atoms with Gasteiger partial charge in [0, 0.05) is 19.3 Å². The molecular weight excluding hydrogens is 1480 g/mol. The van der Waals surface area contributed by atoms with E-state index >= 15 is 0 Å². The number of allylic oxidation sites excluding steroid dienone is 32. The third-order valence-corrected chi connectivity index (χ3v) is 20.2. The first-order chi connectivity index (χ1) is 56.2. The van der Waals surface area contributed by atoms with Crippen LogP contribution >= 0.6 is 15.6 Å². The predicted octanol–water partition coefficient (Wildman–Crippen LogP) is 27.4. The lowest BCUT2D eigenvalue weighted by molar-refractivity contribution is -0.161. The van der Waals surface area contributed by atoms with Crippen molar-refractivity contribution in [3.05, 3.63) is 194 Å². The molecule has 0 rings (SSSR count). The van der Waals surface area contributed by atoms with Gasteiger partial charge in [-0.3, -0.25) is 32.5 Å². The molecule has 0 heterocycles. The van der Waals surface area contributed by atoms with Crippen LogP contribution in [-0.4, -0.2) is 95.9 Å². The van der Waals surface area contributed by atoms with Crippen LogP contribution in [0.4, 0.5) is 0 Å². The van der Waals surface area contributed by atoms with E-state index in [9.17, 15) is 43.5 Å². The Morgan fingerprint density at radius 1 is 0.252 bits per heavy atom. The molecule has 0 fully saturated rings.